The number of ether oxygens (including phenoxy) is 1. The van der Waals surface area contributed by atoms with Crippen molar-refractivity contribution in [1.82, 2.24) is 10.6 Å². The number of carbonyl (C=O) groups is 3. The van der Waals surface area contributed by atoms with Crippen LogP contribution in [0.5, 0.6) is 5.75 Å². The van der Waals surface area contributed by atoms with E-state index < -0.39 is 36.5 Å². The number of carboxylic acids is 1. The minimum absolute atomic E-state index is 0.121. The van der Waals surface area contributed by atoms with Gasteiger partial charge in [-0.2, -0.15) is 0 Å². The average molecular weight is 500 g/mol. The summed E-state index contributed by atoms with van der Waals surface area (Å²) in [4.78, 5) is 37.7. The molecular formula is C27H37N3O6. The van der Waals surface area contributed by atoms with Crippen LogP contribution in [0.2, 0.25) is 0 Å². The van der Waals surface area contributed by atoms with E-state index >= 15 is 0 Å². The zero-order valence-electron chi connectivity index (χ0n) is 21.3. The topological polar surface area (TPSA) is 151 Å². The lowest BCUT2D eigenvalue weighted by Gasteiger charge is -2.23. The molecule has 9 nitrogen and oxygen atoms in total. The summed E-state index contributed by atoms with van der Waals surface area (Å²) in [6.45, 7) is 7.27. The van der Waals surface area contributed by atoms with Gasteiger partial charge < -0.3 is 31.3 Å². The summed E-state index contributed by atoms with van der Waals surface area (Å²) in [5.74, 6) is -1.86. The fourth-order valence-electron chi connectivity index (χ4n) is 3.93. The van der Waals surface area contributed by atoms with Crippen molar-refractivity contribution in [1.29, 1.82) is 0 Å². The third-order valence-electron chi connectivity index (χ3n) is 5.58. The van der Waals surface area contributed by atoms with E-state index in [0.717, 1.165) is 23.1 Å². The van der Waals surface area contributed by atoms with Gasteiger partial charge in [-0.15, -0.1) is 0 Å². The maximum Gasteiger partial charge on any atom is 0.328 e. The minimum atomic E-state index is -1.49. The van der Waals surface area contributed by atoms with Crippen LogP contribution >= 0.6 is 0 Å². The summed E-state index contributed by atoms with van der Waals surface area (Å²) >= 11 is 0. The monoisotopic (exact) mass is 499 g/mol. The van der Waals surface area contributed by atoms with Crippen molar-refractivity contribution in [3.05, 3.63) is 64.7 Å². The second kappa shape index (κ2) is 13.6. The van der Waals surface area contributed by atoms with E-state index in [4.69, 9.17) is 10.5 Å². The van der Waals surface area contributed by atoms with Gasteiger partial charge in [-0.25, -0.2) is 4.79 Å². The van der Waals surface area contributed by atoms with Crippen LogP contribution in [0.1, 0.15) is 47.3 Å². The molecule has 2 aromatic rings. The first-order valence-corrected chi connectivity index (χ1v) is 12.0. The Balaban J connectivity index is 2.31. The lowest BCUT2D eigenvalue weighted by Crippen LogP contribution is -2.53. The molecule has 0 aliphatic carbocycles. The number of hydrogen-bond donors (Lipinski definition) is 5. The van der Waals surface area contributed by atoms with Gasteiger partial charge in [0.25, 0.3) is 5.91 Å². The van der Waals surface area contributed by atoms with Gasteiger partial charge in [0.15, 0.2) is 0 Å². The van der Waals surface area contributed by atoms with Crippen LogP contribution in [0.3, 0.4) is 0 Å². The number of nitrogens with one attached hydrogen (secondary N) is 2. The van der Waals surface area contributed by atoms with Crippen LogP contribution in [0.15, 0.2) is 42.5 Å². The van der Waals surface area contributed by atoms with E-state index in [1.165, 1.54) is 0 Å². The lowest BCUT2D eigenvalue weighted by atomic mass is 10.0. The number of aliphatic hydroxyl groups excluding tert-OH is 1. The fraction of sp³-hybridized carbons (Fsp3) is 0.444. The maximum absolute atomic E-state index is 13.4. The molecule has 6 N–H and O–H groups in total. The molecule has 0 fully saturated rings. The fourth-order valence-corrected chi connectivity index (χ4v) is 3.93. The molecule has 36 heavy (non-hydrogen) atoms. The lowest BCUT2D eigenvalue weighted by molar-refractivity contribution is -0.143. The van der Waals surface area contributed by atoms with E-state index in [0.29, 0.717) is 11.7 Å². The van der Waals surface area contributed by atoms with Crippen LogP contribution < -0.4 is 21.1 Å². The van der Waals surface area contributed by atoms with Gasteiger partial charge in [-0.1, -0.05) is 50.2 Å². The molecular weight excluding hydrogens is 462 g/mol. The number of rotatable bonds is 13. The highest BCUT2D eigenvalue weighted by atomic mass is 16.5. The van der Waals surface area contributed by atoms with Crippen LogP contribution in [-0.2, 0) is 16.0 Å². The second-order valence-electron chi connectivity index (χ2n) is 9.46. The highest BCUT2D eigenvalue weighted by Crippen LogP contribution is 2.26. The summed E-state index contributed by atoms with van der Waals surface area (Å²) in [6.07, 6.45) is 0.887. The van der Waals surface area contributed by atoms with Crippen molar-refractivity contribution in [2.75, 3.05) is 13.2 Å². The number of nitrogens with two attached hydrogens (primary N) is 1. The van der Waals surface area contributed by atoms with E-state index in [1.807, 2.05) is 26.0 Å². The van der Waals surface area contributed by atoms with Gasteiger partial charge >= 0.3 is 5.97 Å². The minimum Gasteiger partial charge on any atom is -0.491 e. The van der Waals surface area contributed by atoms with Crippen LogP contribution in [-0.4, -0.2) is 59.3 Å². The third-order valence-corrected chi connectivity index (χ3v) is 5.58. The third kappa shape index (κ3) is 8.66. The summed E-state index contributed by atoms with van der Waals surface area (Å²) in [5, 5.41) is 23.6. The predicted molar refractivity (Wildman–Crippen MR) is 137 cm³/mol. The molecule has 0 saturated heterocycles. The summed E-state index contributed by atoms with van der Waals surface area (Å²) in [5.41, 5.74) is 8.79. The Kier molecular flexibility index (Phi) is 10.9. The highest BCUT2D eigenvalue weighted by molar-refractivity contribution is 6.00. The molecule has 0 aliphatic heterocycles. The summed E-state index contributed by atoms with van der Waals surface area (Å²) in [6, 6.07) is 9.82. The molecule has 0 radical (unpaired) electrons. The number of benzene rings is 2. The summed E-state index contributed by atoms with van der Waals surface area (Å²) in [7, 11) is 0. The Morgan fingerprint density at radius 1 is 1.03 bits per heavy atom. The van der Waals surface area contributed by atoms with Gasteiger partial charge in [0.2, 0.25) is 5.91 Å². The van der Waals surface area contributed by atoms with Crippen LogP contribution in [0.4, 0.5) is 0 Å². The van der Waals surface area contributed by atoms with Crippen molar-refractivity contribution in [3.8, 4) is 5.75 Å². The normalized spacial score (nSPS) is 13.5. The largest absolute Gasteiger partial charge is 0.491 e. The van der Waals surface area contributed by atoms with Gasteiger partial charge in [-0.05, 0) is 48.9 Å². The molecule has 0 aromatic heterocycles. The Hall–Kier alpha value is -3.43. The highest BCUT2D eigenvalue weighted by Gasteiger charge is 2.28. The second-order valence-corrected chi connectivity index (χ2v) is 9.46. The number of aryl methyl sites for hydroxylation is 2. The molecule has 0 unspecified atom stereocenters. The van der Waals surface area contributed by atoms with Crippen molar-refractivity contribution < 1.29 is 29.3 Å². The number of hydrogen-bond acceptors (Lipinski definition) is 6. The SMILES string of the molecule is Cc1cc(C)c(OC[C@@H](N)CC(C)C)c(C(=O)N[C@@H](Cc2ccccc2)C(=O)N[C@@H](CO)C(=O)O)c1. The van der Waals surface area contributed by atoms with Crippen molar-refractivity contribution in [2.24, 2.45) is 11.7 Å². The molecule has 0 heterocycles. The first-order valence-electron chi connectivity index (χ1n) is 12.0. The van der Waals surface area contributed by atoms with E-state index in [9.17, 15) is 24.6 Å². The number of carboxylic acid groups (broad SMARTS) is 1. The molecule has 0 aliphatic rings. The van der Waals surface area contributed by atoms with Gasteiger partial charge in [0, 0.05) is 12.5 Å². The molecule has 3 atom stereocenters. The quantitative estimate of drug-likeness (QED) is 0.283. The van der Waals surface area contributed by atoms with Gasteiger partial charge in [0.05, 0.1) is 12.2 Å². The van der Waals surface area contributed by atoms with Gasteiger partial charge in [-0.3, -0.25) is 9.59 Å². The first-order chi connectivity index (χ1) is 17.0. The van der Waals surface area contributed by atoms with Crippen molar-refractivity contribution in [3.63, 3.8) is 0 Å². The zero-order valence-corrected chi connectivity index (χ0v) is 21.3. The number of carbonyl (C=O) groups excluding carboxylic acids is 2. The smallest absolute Gasteiger partial charge is 0.328 e. The molecule has 0 bridgehead atoms. The first kappa shape index (κ1) is 28.8. The Labute approximate surface area is 212 Å². The Morgan fingerprint density at radius 2 is 1.69 bits per heavy atom. The standard InChI is InChI=1S/C27H37N3O6/c1-16(2)10-20(28)15-36-24-18(4)11-17(3)12-21(24)25(32)29-22(13-19-8-6-5-7-9-19)26(33)30-23(14-31)27(34)35/h5-9,11-12,16,20,22-23,31H,10,13-15,28H2,1-4H3,(H,29,32)(H,30,33)(H,34,35)/t20-,22-,23-/m0/s1. The number of aliphatic carboxylic acids is 1. The molecule has 2 rings (SSSR count). The van der Waals surface area contributed by atoms with E-state index in [2.05, 4.69) is 24.5 Å². The molecule has 0 spiro atoms. The Morgan fingerprint density at radius 3 is 2.28 bits per heavy atom. The molecule has 196 valence electrons. The number of aliphatic hydroxyl groups is 1. The van der Waals surface area contributed by atoms with E-state index in [1.54, 1.807) is 30.3 Å². The predicted octanol–water partition coefficient (Wildman–Crippen LogP) is 1.96. The maximum atomic E-state index is 13.4. The molecule has 0 saturated carbocycles. The average Bonchev–Trinajstić information content (AvgIpc) is 2.80. The van der Waals surface area contributed by atoms with Crippen molar-refractivity contribution >= 4 is 17.8 Å². The Bertz CT molecular complexity index is 1040. The molecule has 9 heteroatoms. The van der Waals surface area contributed by atoms with Crippen molar-refractivity contribution in [2.45, 2.75) is 58.7 Å². The molecule has 2 amide bonds. The summed E-state index contributed by atoms with van der Waals surface area (Å²) < 4.78 is 5.98. The van der Waals surface area contributed by atoms with Gasteiger partial charge in [0.1, 0.15) is 24.4 Å². The van der Waals surface area contributed by atoms with Crippen LogP contribution in [0, 0.1) is 19.8 Å². The van der Waals surface area contributed by atoms with Crippen LogP contribution in [0.25, 0.3) is 0 Å². The van der Waals surface area contributed by atoms with E-state index in [-0.39, 0.29) is 24.6 Å². The molecule has 2 aromatic carbocycles. The number of amides is 2. The zero-order chi connectivity index (χ0) is 26.8.